The van der Waals surface area contributed by atoms with E-state index in [1.165, 1.54) is 25.1 Å². The fourth-order valence-electron chi connectivity index (χ4n) is 3.96. The van der Waals surface area contributed by atoms with E-state index in [9.17, 15) is 0 Å². The summed E-state index contributed by atoms with van der Waals surface area (Å²) in [5, 5.41) is 7.36. The van der Waals surface area contributed by atoms with E-state index in [0.29, 0.717) is 23.0 Å². The van der Waals surface area contributed by atoms with Gasteiger partial charge in [0.25, 0.3) is 0 Å². The third kappa shape index (κ3) is 3.82. The molecule has 0 radical (unpaired) electrons. The van der Waals surface area contributed by atoms with Crippen LogP contribution in [0.5, 0.6) is 0 Å². The SMILES string of the molecule is C#C[C@H]1C[NH+]2CC[C@H]1C[C@@H]2CNC(=S)Nc1ccc(N(C)C)cc1. The molecule has 0 aliphatic carbocycles. The number of anilines is 2. The highest BCUT2D eigenvalue weighted by atomic mass is 32.1. The van der Waals surface area contributed by atoms with E-state index >= 15 is 0 Å². The number of quaternary nitrogens is 1. The van der Waals surface area contributed by atoms with E-state index in [2.05, 4.69) is 45.7 Å². The van der Waals surface area contributed by atoms with E-state index in [1.54, 1.807) is 4.90 Å². The van der Waals surface area contributed by atoms with Crippen molar-refractivity contribution in [2.45, 2.75) is 18.9 Å². The predicted octanol–water partition coefficient (Wildman–Crippen LogP) is 0.966. The molecular formula is C19H27N4S+. The Morgan fingerprint density at radius 3 is 2.71 bits per heavy atom. The number of thiocarbonyl (C=S) groups is 1. The van der Waals surface area contributed by atoms with Crippen LogP contribution in [0.25, 0.3) is 0 Å². The molecule has 3 fully saturated rings. The van der Waals surface area contributed by atoms with Crippen LogP contribution >= 0.6 is 12.2 Å². The van der Waals surface area contributed by atoms with E-state index in [4.69, 9.17) is 18.6 Å². The zero-order valence-corrected chi connectivity index (χ0v) is 15.3. The Morgan fingerprint density at radius 2 is 2.12 bits per heavy atom. The van der Waals surface area contributed by atoms with Crippen molar-refractivity contribution in [3.8, 4) is 12.3 Å². The minimum atomic E-state index is 0.477. The summed E-state index contributed by atoms with van der Waals surface area (Å²) in [4.78, 5) is 3.73. The Morgan fingerprint density at radius 1 is 1.38 bits per heavy atom. The lowest BCUT2D eigenvalue weighted by Gasteiger charge is -2.45. The molecule has 0 amide bonds. The number of benzene rings is 1. The van der Waals surface area contributed by atoms with Crippen molar-refractivity contribution >= 4 is 28.7 Å². The number of nitrogens with one attached hydrogen (secondary N) is 3. The summed E-state index contributed by atoms with van der Waals surface area (Å²) >= 11 is 5.45. The largest absolute Gasteiger partial charge is 0.378 e. The van der Waals surface area contributed by atoms with Crippen LogP contribution in [-0.4, -0.2) is 44.9 Å². The first-order valence-electron chi connectivity index (χ1n) is 8.69. The van der Waals surface area contributed by atoms with Crippen LogP contribution in [0.3, 0.4) is 0 Å². The summed E-state index contributed by atoms with van der Waals surface area (Å²) in [7, 11) is 4.07. The molecule has 128 valence electrons. The number of rotatable bonds is 4. The maximum Gasteiger partial charge on any atom is 0.170 e. The van der Waals surface area contributed by atoms with Gasteiger partial charge in [-0.3, -0.25) is 0 Å². The van der Waals surface area contributed by atoms with E-state index in [-0.39, 0.29) is 0 Å². The molecule has 1 aromatic carbocycles. The van der Waals surface area contributed by atoms with Crippen molar-refractivity contribution in [2.24, 2.45) is 11.8 Å². The molecule has 4 rings (SSSR count). The van der Waals surface area contributed by atoms with Gasteiger partial charge in [-0.2, -0.15) is 0 Å². The topological polar surface area (TPSA) is 31.7 Å². The first kappa shape index (κ1) is 17.1. The van der Waals surface area contributed by atoms with Crippen LogP contribution in [0.15, 0.2) is 24.3 Å². The number of hydrogen-bond acceptors (Lipinski definition) is 2. The number of nitrogens with zero attached hydrogens (tertiary/aromatic N) is 1. The quantitative estimate of drug-likeness (QED) is 0.562. The van der Waals surface area contributed by atoms with Gasteiger partial charge in [0.2, 0.25) is 0 Å². The minimum Gasteiger partial charge on any atom is -0.378 e. The lowest BCUT2D eigenvalue weighted by atomic mass is 9.76. The molecule has 0 spiro atoms. The van der Waals surface area contributed by atoms with Gasteiger partial charge in [-0.05, 0) is 42.4 Å². The first-order valence-corrected chi connectivity index (χ1v) is 9.10. The molecule has 0 saturated carbocycles. The molecule has 2 bridgehead atoms. The normalized spacial score (nSPS) is 28.0. The summed E-state index contributed by atoms with van der Waals surface area (Å²) in [6.07, 6.45) is 8.16. The summed E-state index contributed by atoms with van der Waals surface area (Å²) in [5.41, 5.74) is 2.19. The zero-order chi connectivity index (χ0) is 17.1. The van der Waals surface area contributed by atoms with Gasteiger partial charge in [0.1, 0.15) is 6.04 Å². The number of fused-ring (bicyclic) bond motifs is 3. The smallest absolute Gasteiger partial charge is 0.170 e. The lowest BCUT2D eigenvalue weighted by Crippen LogP contribution is -3.20. The van der Waals surface area contributed by atoms with Crippen molar-refractivity contribution in [1.82, 2.24) is 5.32 Å². The minimum absolute atomic E-state index is 0.477. The van der Waals surface area contributed by atoms with Crippen LogP contribution < -0.4 is 20.4 Å². The molecule has 4 nitrogen and oxygen atoms in total. The molecule has 0 aromatic heterocycles. The van der Waals surface area contributed by atoms with Gasteiger partial charge in [0, 0.05) is 38.3 Å². The number of terminal acetylenes is 1. The molecule has 3 aliphatic heterocycles. The molecule has 1 unspecified atom stereocenters. The Balaban J connectivity index is 1.47. The number of piperidine rings is 3. The second-order valence-corrected chi connectivity index (χ2v) is 7.55. The molecule has 5 heteroatoms. The Bertz CT molecular complexity index is 619. The third-order valence-electron chi connectivity index (χ3n) is 5.42. The van der Waals surface area contributed by atoms with Crippen LogP contribution in [0.2, 0.25) is 0 Å². The van der Waals surface area contributed by atoms with Gasteiger partial charge in [-0.25, -0.2) is 0 Å². The summed E-state index contributed by atoms with van der Waals surface area (Å²) < 4.78 is 0. The standard InChI is InChI=1S/C19H26N4S/c1-4-14-13-23-10-9-15(14)11-18(23)12-20-19(24)21-16-5-7-17(8-6-16)22(2)3/h1,5-8,14-15,18H,9-13H2,2-3H3,(H2,20,21,24)/p+1/t14-,15-,18+/m0/s1. The Kier molecular flexibility index (Phi) is 5.27. The second kappa shape index (κ2) is 7.42. The van der Waals surface area contributed by atoms with Crippen molar-refractivity contribution in [3.63, 3.8) is 0 Å². The zero-order valence-electron chi connectivity index (χ0n) is 14.5. The van der Waals surface area contributed by atoms with Crippen molar-refractivity contribution in [3.05, 3.63) is 24.3 Å². The van der Waals surface area contributed by atoms with E-state index in [0.717, 1.165) is 18.8 Å². The summed E-state index contributed by atoms with van der Waals surface area (Å²) in [5.74, 6) is 4.17. The van der Waals surface area contributed by atoms with E-state index in [1.807, 2.05) is 14.1 Å². The third-order valence-corrected chi connectivity index (χ3v) is 5.66. The molecule has 24 heavy (non-hydrogen) atoms. The Labute approximate surface area is 150 Å². The maximum atomic E-state index is 5.66. The molecule has 3 heterocycles. The van der Waals surface area contributed by atoms with Crippen LogP contribution in [0.1, 0.15) is 12.8 Å². The van der Waals surface area contributed by atoms with Gasteiger partial charge in [0.15, 0.2) is 5.11 Å². The highest BCUT2D eigenvalue weighted by molar-refractivity contribution is 7.80. The van der Waals surface area contributed by atoms with Gasteiger partial charge in [-0.15, -0.1) is 6.42 Å². The van der Waals surface area contributed by atoms with Crippen molar-refractivity contribution < 1.29 is 4.90 Å². The molecule has 3 aliphatic rings. The van der Waals surface area contributed by atoms with E-state index < -0.39 is 0 Å². The maximum absolute atomic E-state index is 5.66. The van der Waals surface area contributed by atoms with Gasteiger partial charge in [0.05, 0.1) is 25.6 Å². The number of hydrogen-bond donors (Lipinski definition) is 3. The van der Waals surface area contributed by atoms with Crippen LogP contribution in [0.4, 0.5) is 11.4 Å². The second-order valence-electron chi connectivity index (χ2n) is 7.14. The average Bonchev–Trinajstić information content (AvgIpc) is 2.60. The van der Waals surface area contributed by atoms with Gasteiger partial charge in [-0.1, -0.05) is 5.92 Å². The van der Waals surface area contributed by atoms with Crippen LogP contribution in [0, 0.1) is 24.2 Å². The fourth-order valence-corrected chi connectivity index (χ4v) is 4.17. The molecule has 1 aromatic rings. The summed E-state index contributed by atoms with van der Waals surface area (Å²) in [6, 6.07) is 8.90. The average molecular weight is 344 g/mol. The molecule has 4 atom stereocenters. The highest BCUT2D eigenvalue weighted by Gasteiger charge is 2.42. The molecule has 3 N–H and O–H groups in total. The highest BCUT2D eigenvalue weighted by Crippen LogP contribution is 2.26. The van der Waals surface area contributed by atoms with Crippen LogP contribution in [-0.2, 0) is 0 Å². The van der Waals surface area contributed by atoms with Gasteiger partial charge < -0.3 is 20.4 Å². The fraction of sp³-hybridized carbons (Fsp3) is 0.526. The predicted molar refractivity (Wildman–Crippen MR) is 105 cm³/mol. The lowest BCUT2D eigenvalue weighted by molar-refractivity contribution is -0.943. The molecule has 3 saturated heterocycles. The monoisotopic (exact) mass is 343 g/mol. The van der Waals surface area contributed by atoms with Gasteiger partial charge >= 0.3 is 0 Å². The summed E-state index contributed by atoms with van der Waals surface area (Å²) in [6.45, 7) is 3.30. The first-order chi connectivity index (χ1) is 11.6. The van der Waals surface area contributed by atoms with Crippen molar-refractivity contribution in [2.75, 3.05) is 43.9 Å². The molecular weight excluding hydrogens is 316 g/mol. The Hall–Kier alpha value is -1.77. The van der Waals surface area contributed by atoms with Crippen molar-refractivity contribution in [1.29, 1.82) is 0 Å².